The van der Waals surface area contributed by atoms with E-state index in [-0.39, 0.29) is 11.3 Å². The number of unbranched alkanes of at least 4 members (excludes halogenated alkanes) is 2. The van der Waals surface area contributed by atoms with Gasteiger partial charge in [-0.05, 0) is 51.0 Å². The fraction of sp³-hybridized carbons (Fsp3) is 0.286. The number of aryl methyl sites for hydroxylation is 2. The Kier molecular flexibility index (Phi) is 6.99. The Morgan fingerprint density at radius 2 is 1.50 bits per heavy atom. The summed E-state index contributed by atoms with van der Waals surface area (Å²) in [5.74, 6) is 5.66. The van der Waals surface area contributed by atoms with Crippen LogP contribution in [0.4, 0.5) is 0 Å². The second-order valence-electron chi connectivity index (χ2n) is 6.22. The number of hydrogen-bond donors (Lipinski definition) is 1. The van der Waals surface area contributed by atoms with Crippen molar-refractivity contribution in [3.05, 3.63) is 65.2 Å². The summed E-state index contributed by atoms with van der Waals surface area (Å²) in [5, 5.41) is 0. The van der Waals surface area contributed by atoms with Gasteiger partial charge in [0.05, 0.1) is 4.90 Å². The van der Waals surface area contributed by atoms with E-state index in [9.17, 15) is 13.2 Å². The summed E-state index contributed by atoms with van der Waals surface area (Å²) in [7, 11) is -3.79. The van der Waals surface area contributed by atoms with E-state index >= 15 is 0 Å². The Bertz CT molecular complexity index is 902. The van der Waals surface area contributed by atoms with Gasteiger partial charge in [-0.2, -0.15) is 0 Å². The topological polar surface area (TPSA) is 63.2 Å². The lowest BCUT2D eigenvalue weighted by atomic mass is 10.1. The Hall–Kier alpha value is -2.58. The zero-order chi connectivity index (χ0) is 19.0. The van der Waals surface area contributed by atoms with Crippen LogP contribution >= 0.6 is 0 Å². The molecule has 136 valence electrons. The lowest BCUT2D eigenvalue weighted by Gasteiger charge is -2.06. The van der Waals surface area contributed by atoms with Gasteiger partial charge in [0.2, 0.25) is 5.91 Å². The maximum atomic E-state index is 12.1. The van der Waals surface area contributed by atoms with Gasteiger partial charge in [0, 0.05) is 18.4 Å². The Balaban J connectivity index is 1.73. The molecule has 0 heterocycles. The molecule has 4 nitrogen and oxygen atoms in total. The normalized spacial score (nSPS) is 10.7. The molecular weight excluding hydrogens is 346 g/mol. The molecule has 0 aliphatic rings. The zero-order valence-corrected chi connectivity index (χ0v) is 15.9. The molecular formula is C21H23NO3S. The highest BCUT2D eigenvalue weighted by Gasteiger charge is 2.16. The van der Waals surface area contributed by atoms with Crippen molar-refractivity contribution >= 4 is 15.9 Å². The molecule has 0 saturated heterocycles. The van der Waals surface area contributed by atoms with Crippen molar-refractivity contribution in [2.75, 3.05) is 0 Å². The van der Waals surface area contributed by atoms with Crippen LogP contribution in [0.2, 0.25) is 0 Å². The molecule has 0 aliphatic heterocycles. The molecule has 0 radical (unpaired) electrons. The number of amides is 1. The van der Waals surface area contributed by atoms with Crippen LogP contribution in [0.15, 0.2) is 53.4 Å². The number of carbonyl (C=O) groups is 1. The van der Waals surface area contributed by atoms with Crippen LogP contribution in [0.3, 0.4) is 0 Å². The summed E-state index contributed by atoms with van der Waals surface area (Å²) in [6.07, 6.45) is 2.18. The molecule has 0 saturated carbocycles. The molecule has 0 atom stereocenters. The van der Waals surface area contributed by atoms with E-state index in [1.807, 2.05) is 38.1 Å². The summed E-state index contributed by atoms with van der Waals surface area (Å²) in [6, 6.07) is 14.4. The molecule has 0 aliphatic carbocycles. The van der Waals surface area contributed by atoms with Crippen molar-refractivity contribution in [3.63, 3.8) is 0 Å². The number of nitrogens with one attached hydrogen (secondary N) is 1. The fourth-order valence-electron chi connectivity index (χ4n) is 2.28. The van der Waals surface area contributed by atoms with E-state index < -0.39 is 15.9 Å². The summed E-state index contributed by atoms with van der Waals surface area (Å²) >= 11 is 0. The summed E-state index contributed by atoms with van der Waals surface area (Å²) in [6.45, 7) is 3.90. The van der Waals surface area contributed by atoms with Gasteiger partial charge >= 0.3 is 0 Å². The van der Waals surface area contributed by atoms with E-state index in [1.54, 1.807) is 12.1 Å². The molecule has 0 spiro atoms. The number of carbonyl (C=O) groups excluding carboxylic acids is 1. The highest BCUT2D eigenvalue weighted by atomic mass is 32.2. The van der Waals surface area contributed by atoms with Crippen LogP contribution in [-0.4, -0.2) is 14.3 Å². The molecule has 1 amide bonds. The molecule has 0 aromatic heterocycles. The van der Waals surface area contributed by atoms with E-state index in [2.05, 4.69) is 16.6 Å². The first-order valence-corrected chi connectivity index (χ1v) is 10.0. The molecule has 5 heteroatoms. The molecule has 26 heavy (non-hydrogen) atoms. The van der Waals surface area contributed by atoms with Gasteiger partial charge in [-0.25, -0.2) is 13.1 Å². The molecule has 0 unspecified atom stereocenters. The predicted octanol–water partition coefficient (Wildman–Crippen LogP) is 3.72. The first-order chi connectivity index (χ1) is 12.4. The second-order valence-corrected chi connectivity index (χ2v) is 7.90. The zero-order valence-electron chi connectivity index (χ0n) is 15.1. The lowest BCUT2D eigenvalue weighted by molar-refractivity contribution is -0.119. The van der Waals surface area contributed by atoms with Crippen molar-refractivity contribution in [2.45, 2.75) is 44.4 Å². The first-order valence-electron chi connectivity index (χ1n) is 8.55. The number of sulfonamides is 1. The Morgan fingerprint density at radius 1 is 0.923 bits per heavy atom. The van der Waals surface area contributed by atoms with Crippen LogP contribution in [0, 0.1) is 25.7 Å². The van der Waals surface area contributed by atoms with Crippen molar-refractivity contribution < 1.29 is 13.2 Å². The molecule has 0 fully saturated rings. The molecule has 2 aromatic rings. The van der Waals surface area contributed by atoms with Crippen LogP contribution in [0.25, 0.3) is 0 Å². The van der Waals surface area contributed by atoms with Gasteiger partial charge in [-0.3, -0.25) is 4.79 Å². The molecule has 2 rings (SSSR count). The van der Waals surface area contributed by atoms with Crippen LogP contribution in [0.5, 0.6) is 0 Å². The van der Waals surface area contributed by atoms with Gasteiger partial charge in [0.1, 0.15) is 0 Å². The van der Waals surface area contributed by atoms with Gasteiger partial charge < -0.3 is 0 Å². The lowest BCUT2D eigenvalue weighted by Crippen LogP contribution is -2.30. The minimum absolute atomic E-state index is 0.0976. The van der Waals surface area contributed by atoms with E-state index in [0.717, 1.165) is 17.5 Å². The standard InChI is InChI=1S/C21H23NO3S/c1-17-9-13-19(14-10-17)7-5-3-4-6-8-21(23)22-26(24,25)20-15-11-18(2)12-16-20/h9-16H,3-4,6,8H2,1-2H3,(H,22,23). The van der Waals surface area contributed by atoms with Crippen molar-refractivity contribution in [1.29, 1.82) is 0 Å². The molecule has 1 N–H and O–H groups in total. The SMILES string of the molecule is Cc1ccc(C#CCCCCC(=O)NS(=O)(=O)c2ccc(C)cc2)cc1. The Morgan fingerprint density at radius 3 is 2.12 bits per heavy atom. The summed E-state index contributed by atoms with van der Waals surface area (Å²) < 4.78 is 26.3. The van der Waals surface area contributed by atoms with Crippen LogP contribution in [0.1, 0.15) is 42.4 Å². The smallest absolute Gasteiger partial charge is 0.264 e. The third-order valence-electron chi connectivity index (χ3n) is 3.82. The van der Waals surface area contributed by atoms with Gasteiger partial charge in [0.25, 0.3) is 10.0 Å². The number of hydrogen-bond acceptors (Lipinski definition) is 3. The van der Waals surface area contributed by atoms with Crippen LogP contribution < -0.4 is 4.72 Å². The van der Waals surface area contributed by atoms with Gasteiger partial charge in [0.15, 0.2) is 0 Å². The fourth-order valence-corrected chi connectivity index (χ4v) is 3.29. The average molecular weight is 369 g/mol. The first kappa shape index (κ1) is 19.7. The molecule has 0 bridgehead atoms. The van der Waals surface area contributed by atoms with E-state index in [4.69, 9.17) is 0 Å². The monoisotopic (exact) mass is 369 g/mol. The van der Waals surface area contributed by atoms with Gasteiger partial charge in [-0.1, -0.05) is 47.2 Å². The third-order valence-corrected chi connectivity index (χ3v) is 5.21. The van der Waals surface area contributed by atoms with Crippen molar-refractivity contribution in [2.24, 2.45) is 0 Å². The maximum Gasteiger partial charge on any atom is 0.264 e. The van der Waals surface area contributed by atoms with Crippen LogP contribution in [-0.2, 0) is 14.8 Å². The van der Waals surface area contributed by atoms with E-state index in [1.165, 1.54) is 17.7 Å². The number of benzene rings is 2. The minimum Gasteiger partial charge on any atom is -0.274 e. The quantitative estimate of drug-likeness (QED) is 0.623. The minimum atomic E-state index is -3.79. The largest absolute Gasteiger partial charge is 0.274 e. The highest BCUT2D eigenvalue weighted by Crippen LogP contribution is 2.10. The van der Waals surface area contributed by atoms with Gasteiger partial charge in [-0.15, -0.1) is 0 Å². The van der Waals surface area contributed by atoms with E-state index in [0.29, 0.717) is 12.8 Å². The summed E-state index contributed by atoms with van der Waals surface area (Å²) in [5.41, 5.74) is 3.13. The maximum absolute atomic E-state index is 12.1. The molecule has 2 aromatic carbocycles. The van der Waals surface area contributed by atoms with Crippen molar-refractivity contribution in [3.8, 4) is 11.8 Å². The number of rotatable bonds is 6. The highest BCUT2D eigenvalue weighted by molar-refractivity contribution is 7.90. The second kappa shape index (κ2) is 9.21. The average Bonchev–Trinajstić information content (AvgIpc) is 2.59. The summed E-state index contributed by atoms with van der Waals surface area (Å²) in [4.78, 5) is 12.0. The van der Waals surface area contributed by atoms with Crippen molar-refractivity contribution in [1.82, 2.24) is 4.72 Å². The third kappa shape index (κ3) is 6.38. The Labute approximate surface area is 155 Å². The predicted molar refractivity (Wildman–Crippen MR) is 103 cm³/mol.